The van der Waals surface area contributed by atoms with Crippen molar-refractivity contribution in [1.29, 1.82) is 0 Å². The third-order valence-electron chi connectivity index (χ3n) is 4.47. The zero-order valence-electron chi connectivity index (χ0n) is 12.5. The number of aliphatic imine (C=N–C) groups is 2. The first-order chi connectivity index (χ1) is 10.3. The summed E-state index contributed by atoms with van der Waals surface area (Å²) in [5.74, 6) is 0. The molecule has 0 saturated carbocycles. The Morgan fingerprint density at radius 2 is 1.24 bits per heavy atom. The van der Waals surface area contributed by atoms with Crippen LogP contribution >= 0.6 is 0 Å². The molecule has 2 aliphatic carbocycles. The molecule has 2 aliphatic heterocycles. The van der Waals surface area contributed by atoms with Crippen molar-refractivity contribution in [2.24, 2.45) is 9.98 Å². The highest BCUT2D eigenvalue weighted by molar-refractivity contribution is 6.11. The smallest absolute Gasteiger partial charge is 0.0708 e. The summed E-state index contributed by atoms with van der Waals surface area (Å²) in [5.41, 5.74) is 10.2. The highest BCUT2D eigenvalue weighted by Crippen LogP contribution is 2.39. The van der Waals surface area contributed by atoms with Gasteiger partial charge in [-0.1, -0.05) is 38.2 Å². The van der Waals surface area contributed by atoms with Crippen molar-refractivity contribution in [3.63, 3.8) is 0 Å². The van der Waals surface area contributed by atoms with E-state index < -0.39 is 0 Å². The fourth-order valence-corrected chi connectivity index (χ4v) is 3.42. The third kappa shape index (κ3) is 1.79. The molecular formula is C19H18N2. The van der Waals surface area contributed by atoms with Crippen molar-refractivity contribution in [3.8, 4) is 0 Å². The molecule has 4 aliphatic rings. The van der Waals surface area contributed by atoms with E-state index in [-0.39, 0.29) is 0 Å². The average molecular weight is 274 g/mol. The zero-order chi connectivity index (χ0) is 14.4. The molecule has 0 amide bonds. The van der Waals surface area contributed by atoms with E-state index in [1.54, 1.807) is 0 Å². The summed E-state index contributed by atoms with van der Waals surface area (Å²) in [6, 6.07) is 0. The van der Waals surface area contributed by atoms with Gasteiger partial charge in [0.05, 0.1) is 11.4 Å². The molecule has 104 valence electrons. The Morgan fingerprint density at radius 1 is 0.762 bits per heavy atom. The minimum atomic E-state index is 0.952. The SMILES string of the molecule is CCC1=NC2=CC=CC2=C1CC1=C2C=CC=C2N=C1CC. The molecule has 0 radical (unpaired) electrons. The highest BCUT2D eigenvalue weighted by Gasteiger charge is 2.28. The Morgan fingerprint density at radius 3 is 1.67 bits per heavy atom. The van der Waals surface area contributed by atoms with Gasteiger partial charge in [0.2, 0.25) is 0 Å². The van der Waals surface area contributed by atoms with Crippen LogP contribution in [0.2, 0.25) is 0 Å². The maximum absolute atomic E-state index is 4.77. The molecule has 0 unspecified atom stereocenters. The lowest BCUT2D eigenvalue weighted by atomic mass is 9.91. The van der Waals surface area contributed by atoms with Crippen molar-refractivity contribution in [2.45, 2.75) is 33.1 Å². The van der Waals surface area contributed by atoms with Crippen LogP contribution in [0.25, 0.3) is 0 Å². The van der Waals surface area contributed by atoms with E-state index in [0.717, 1.165) is 30.7 Å². The fraction of sp³-hybridized carbons (Fsp3) is 0.263. The number of hydrogen-bond donors (Lipinski definition) is 0. The zero-order valence-corrected chi connectivity index (χ0v) is 12.5. The van der Waals surface area contributed by atoms with Crippen LogP contribution in [0.15, 0.2) is 80.1 Å². The predicted molar refractivity (Wildman–Crippen MR) is 88.6 cm³/mol. The van der Waals surface area contributed by atoms with Crippen LogP contribution in [0.1, 0.15) is 33.1 Å². The second-order valence-corrected chi connectivity index (χ2v) is 5.61. The number of hydrogen-bond acceptors (Lipinski definition) is 2. The summed E-state index contributed by atoms with van der Waals surface area (Å²) >= 11 is 0. The Labute approximate surface area is 125 Å². The molecule has 4 rings (SSSR count). The fourth-order valence-electron chi connectivity index (χ4n) is 3.42. The Kier molecular flexibility index (Phi) is 2.78. The number of rotatable bonds is 4. The first-order valence-corrected chi connectivity index (χ1v) is 7.71. The molecular weight excluding hydrogens is 256 g/mol. The summed E-state index contributed by atoms with van der Waals surface area (Å²) in [5, 5.41) is 0. The van der Waals surface area contributed by atoms with Gasteiger partial charge in [-0.3, -0.25) is 9.98 Å². The Hall–Kier alpha value is -2.22. The van der Waals surface area contributed by atoms with E-state index in [0.29, 0.717) is 0 Å². The quantitative estimate of drug-likeness (QED) is 0.715. The van der Waals surface area contributed by atoms with Crippen LogP contribution in [-0.2, 0) is 0 Å². The normalized spacial score (nSPS) is 21.8. The van der Waals surface area contributed by atoms with Crippen molar-refractivity contribution in [1.82, 2.24) is 0 Å². The molecule has 0 aromatic rings. The molecule has 2 nitrogen and oxygen atoms in total. The van der Waals surface area contributed by atoms with Gasteiger partial charge in [-0.2, -0.15) is 0 Å². The van der Waals surface area contributed by atoms with Crippen LogP contribution in [-0.4, -0.2) is 11.4 Å². The van der Waals surface area contributed by atoms with E-state index in [1.807, 2.05) is 0 Å². The Bertz CT molecular complexity index is 708. The van der Waals surface area contributed by atoms with Gasteiger partial charge in [-0.25, -0.2) is 0 Å². The van der Waals surface area contributed by atoms with E-state index in [1.165, 1.54) is 33.7 Å². The molecule has 0 atom stereocenters. The van der Waals surface area contributed by atoms with Gasteiger partial charge in [0.15, 0.2) is 0 Å². The molecule has 0 spiro atoms. The molecule has 0 fully saturated rings. The molecule has 0 saturated heterocycles. The summed E-state index contributed by atoms with van der Waals surface area (Å²) in [7, 11) is 0. The lowest BCUT2D eigenvalue weighted by molar-refractivity contribution is 1.17. The maximum atomic E-state index is 4.77. The van der Waals surface area contributed by atoms with Gasteiger partial charge < -0.3 is 0 Å². The van der Waals surface area contributed by atoms with Crippen molar-refractivity contribution in [3.05, 3.63) is 70.1 Å². The first-order valence-electron chi connectivity index (χ1n) is 7.71. The minimum absolute atomic E-state index is 0.952. The topological polar surface area (TPSA) is 24.7 Å². The van der Waals surface area contributed by atoms with Crippen LogP contribution in [0.3, 0.4) is 0 Å². The van der Waals surface area contributed by atoms with Crippen molar-refractivity contribution in [2.75, 3.05) is 0 Å². The van der Waals surface area contributed by atoms with Gasteiger partial charge in [-0.05, 0) is 36.1 Å². The first kappa shape index (κ1) is 12.5. The van der Waals surface area contributed by atoms with Crippen LogP contribution in [0, 0.1) is 0 Å². The molecule has 0 aromatic carbocycles. The molecule has 2 heterocycles. The van der Waals surface area contributed by atoms with Crippen molar-refractivity contribution < 1.29 is 0 Å². The van der Waals surface area contributed by atoms with E-state index in [2.05, 4.69) is 50.3 Å². The Balaban J connectivity index is 1.77. The highest BCUT2D eigenvalue weighted by atomic mass is 14.8. The van der Waals surface area contributed by atoms with Gasteiger partial charge in [0, 0.05) is 29.0 Å². The second kappa shape index (κ2) is 4.66. The molecule has 0 N–H and O–H groups in total. The number of nitrogens with zero attached hydrogens (tertiary/aromatic N) is 2. The molecule has 0 aromatic heterocycles. The lowest BCUT2D eigenvalue weighted by Gasteiger charge is -2.10. The monoisotopic (exact) mass is 274 g/mol. The van der Waals surface area contributed by atoms with Gasteiger partial charge >= 0.3 is 0 Å². The standard InChI is InChI=1S/C19H18N2/c1-3-16-14(12-7-5-9-18(12)20-16)11-15-13-8-6-10-19(13)21-17(15)4-2/h5-10H,3-4,11H2,1-2H3. The lowest BCUT2D eigenvalue weighted by Crippen LogP contribution is -2.06. The number of fused-ring (bicyclic) bond motifs is 2. The maximum Gasteiger partial charge on any atom is 0.0708 e. The largest absolute Gasteiger partial charge is 0.253 e. The minimum Gasteiger partial charge on any atom is -0.253 e. The van der Waals surface area contributed by atoms with Gasteiger partial charge in [0.25, 0.3) is 0 Å². The van der Waals surface area contributed by atoms with E-state index in [4.69, 9.17) is 9.98 Å². The second-order valence-electron chi connectivity index (χ2n) is 5.61. The van der Waals surface area contributed by atoms with E-state index in [9.17, 15) is 0 Å². The number of allylic oxidation sites excluding steroid dienone is 8. The van der Waals surface area contributed by atoms with Gasteiger partial charge in [0.1, 0.15) is 0 Å². The summed E-state index contributed by atoms with van der Waals surface area (Å²) < 4.78 is 0. The summed E-state index contributed by atoms with van der Waals surface area (Å²) in [4.78, 5) is 9.55. The average Bonchev–Trinajstić information content (AvgIpc) is 3.21. The third-order valence-corrected chi connectivity index (χ3v) is 4.47. The predicted octanol–water partition coefficient (Wildman–Crippen LogP) is 4.61. The van der Waals surface area contributed by atoms with Crippen molar-refractivity contribution >= 4 is 11.4 Å². The van der Waals surface area contributed by atoms with Crippen LogP contribution in [0.4, 0.5) is 0 Å². The summed E-state index contributed by atoms with van der Waals surface area (Å²) in [6.45, 7) is 4.37. The van der Waals surface area contributed by atoms with E-state index >= 15 is 0 Å². The molecule has 2 heteroatoms. The molecule has 0 bridgehead atoms. The molecule has 21 heavy (non-hydrogen) atoms. The summed E-state index contributed by atoms with van der Waals surface area (Å²) in [6.07, 6.45) is 15.7. The van der Waals surface area contributed by atoms with Crippen LogP contribution < -0.4 is 0 Å². The van der Waals surface area contributed by atoms with Gasteiger partial charge in [-0.15, -0.1) is 0 Å². The van der Waals surface area contributed by atoms with Crippen LogP contribution in [0.5, 0.6) is 0 Å².